The van der Waals surface area contributed by atoms with Crippen LogP contribution in [0.2, 0.25) is 0 Å². The molecule has 0 aliphatic carbocycles. The molecule has 0 aliphatic rings. The smallest absolute Gasteiger partial charge is 0.246 e. The molecule has 1 amide bonds. The maximum absolute atomic E-state index is 11.6. The minimum Gasteiger partial charge on any atom is -0.497 e. The number of benzene rings is 1. The molecule has 5 heteroatoms. The van der Waals surface area contributed by atoms with E-state index in [1.165, 1.54) is 12.2 Å². The molecule has 0 spiro atoms. The first-order valence-corrected chi connectivity index (χ1v) is 5.63. The first kappa shape index (κ1) is 14.3. The Balaban J connectivity index is 2.69. The van der Waals surface area contributed by atoms with Gasteiger partial charge in [0.15, 0.2) is 0 Å². The highest BCUT2D eigenvalue weighted by atomic mass is 16.7. The van der Waals surface area contributed by atoms with Crippen molar-refractivity contribution >= 4 is 5.91 Å². The summed E-state index contributed by atoms with van der Waals surface area (Å²) in [6, 6.07) is 5.58. The van der Waals surface area contributed by atoms with Gasteiger partial charge in [0.1, 0.15) is 11.5 Å². The molecule has 1 rings (SSSR count). The Labute approximate surface area is 107 Å². The molecule has 5 nitrogen and oxygen atoms in total. The van der Waals surface area contributed by atoms with Gasteiger partial charge in [0, 0.05) is 19.5 Å². The molecule has 0 saturated carbocycles. The maximum atomic E-state index is 11.6. The first-order valence-electron chi connectivity index (χ1n) is 5.63. The molecule has 0 heterocycles. The lowest BCUT2D eigenvalue weighted by atomic mass is 10.1. The number of amides is 1. The summed E-state index contributed by atoms with van der Waals surface area (Å²) in [6.07, 6.45) is 0.987. The average molecular weight is 253 g/mol. The van der Waals surface area contributed by atoms with E-state index in [2.05, 4.69) is 0 Å². The average Bonchev–Trinajstić information content (AvgIpc) is 2.43. The van der Waals surface area contributed by atoms with Gasteiger partial charge in [-0.1, -0.05) is 0 Å². The highest BCUT2D eigenvalue weighted by Crippen LogP contribution is 2.23. The zero-order valence-corrected chi connectivity index (χ0v) is 11.2. The van der Waals surface area contributed by atoms with E-state index in [4.69, 9.17) is 14.3 Å². The fourth-order valence-electron chi connectivity index (χ4n) is 1.52. The summed E-state index contributed by atoms with van der Waals surface area (Å²) in [5, 5.41) is 1.22. The molecule has 0 saturated heterocycles. The summed E-state index contributed by atoms with van der Waals surface area (Å²) < 4.78 is 10.3. The summed E-state index contributed by atoms with van der Waals surface area (Å²) in [5.41, 5.74) is 0.990. The monoisotopic (exact) mass is 253 g/mol. The minimum atomic E-state index is -0.0701. The number of hydrogen-bond donors (Lipinski definition) is 0. The lowest BCUT2D eigenvalue weighted by Gasteiger charge is -2.13. The van der Waals surface area contributed by atoms with Crippen molar-refractivity contribution in [2.75, 3.05) is 28.4 Å². The van der Waals surface area contributed by atoms with Crippen LogP contribution in [0.4, 0.5) is 0 Å². The van der Waals surface area contributed by atoms with Crippen LogP contribution in [-0.4, -0.2) is 39.3 Å². The second-order valence-electron chi connectivity index (χ2n) is 3.79. The highest BCUT2D eigenvalue weighted by molar-refractivity contribution is 5.75. The van der Waals surface area contributed by atoms with Crippen LogP contribution in [0.3, 0.4) is 0 Å². The first-order chi connectivity index (χ1) is 8.60. The molecule has 1 aromatic rings. The van der Waals surface area contributed by atoms with Gasteiger partial charge >= 0.3 is 0 Å². The number of aryl methyl sites for hydroxylation is 1. The number of nitrogens with zero attached hydrogens (tertiary/aromatic N) is 1. The van der Waals surface area contributed by atoms with Gasteiger partial charge in [-0.3, -0.25) is 9.63 Å². The van der Waals surface area contributed by atoms with Gasteiger partial charge in [-0.25, -0.2) is 5.06 Å². The molecule has 0 aromatic heterocycles. The molecule has 0 radical (unpaired) electrons. The number of rotatable bonds is 6. The van der Waals surface area contributed by atoms with Gasteiger partial charge in [-0.2, -0.15) is 0 Å². The Hall–Kier alpha value is -1.75. The van der Waals surface area contributed by atoms with Crippen molar-refractivity contribution in [1.82, 2.24) is 5.06 Å². The molecule has 0 unspecified atom stereocenters. The van der Waals surface area contributed by atoms with Crippen molar-refractivity contribution < 1.29 is 19.1 Å². The Morgan fingerprint density at radius 3 is 2.11 bits per heavy atom. The number of carbonyl (C=O) groups excluding carboxylic acids is 1. The third-order valence-corrected chi connectivity index (χ3v) is 2.66. The number of ether oxygens (including phenoxy) is 2. The van der Waals surface area contributed by atoms with E-state index in [0.29, 0.717) is 12.8 Å². The predicted octanol–water partition coefficient (Wildman–Crippen LogP) is 1.66. The fourth-order valence-corrected chi connectivity index (χ4v) is 1.52. The normalized spacial score (nSPS) is 10.0. The summed E-state index contributed by atoms with van der Waals surface area (Å²) in [6.45, 7) is 0. The quantitative estimate of drug-likeness (QED) is 0.723. The van der Waals surface area contributed by atoms with Crippen LogP contribution >= 0.6 is 0 Å². The fraction of sp³-hybridized carbons (Fsp3) is 0.462. The highest BCUT2D eigenvalue weighted by Gasteiger charge is 2.09. The van der Waals surface area contributed by atoms with E-state index >= 15 is 0 Å². The molecule has 0 bridgehead atoms. The van der Waals surface area contributed by atoms with Crippen molar-refractivity contribution in [3.8, 4) is 11.5 Å². The number of hydrogen-bond acceptors (Lipinski definition) is 4. The van der Waals surface area contributed by atoms with E-state index < -0.39 is 0 Å². The van der Waals surface area contributed by atoms with Crippen LogP contribution in [0.15, 0.2) is 18.2 Å². The molecule has 100 valence electrons. The van der Waals surface area contributed by atoms with E-state index in [0.717, 1.165) is 17.1 Å². The molecular formula is C13H19NO4. The van der Waals surface area contributed by atoms with Gasteiger partial charge in [-0.05, 0) is 24.1 Å². The van der Waals surface area contributed by atoms with Crippen molar-refractivity contribution in [2.24, 2.45) is 0 Å². The predicted molar refractivity (Wildman–Crippen MR) is 67.6 cm³/mol. The second-order valence-corrected chi connectivity index (χ2v) is 3.79. The maximum Gasteiger partial charge on any atom is 0.246 e. The Morgan fingerprint density at radius 1 is 1.11 bits per heavy atom. The number of methoxy groups -OCH3 is 2. The van der Waals surface area contributed by atoms with E-state index in [-0.39, 0.29) is 5.91 Å². The Morgan fingerprint density at radius 2 is 1.67 bits per heavy atom. The number of carbonyl (C=O) groups is 1. The Bertz CT molecular complexity index is 384. The zero-order valence-electron chi connectivity index (χ0n) is 11.2. The summed E-state index contributed by atoms with van der Waals surface area (Å²) in [4.78, 5) is 16.4. The van der Waals surface area contributed by atoms with Crippen LogP contribution in [0.25, 0.3) is 0 Å². The van der Waals surface area contributed by atoms with Crippen molar-refractivity contribution in [2.45, 2.75) is 12.8 Å². The topological polar surface area (TPSA) is 48.0 Å². The number of hydroxylamine groups is 2. The van der Waals surface area contributed by atoms with E-state index in [1.807, 2.05) is 12.1 Å². The SMILES string of the molecule is COc1cc(CCC(=O)N(C)OC)cc(OC)c1. The largest absolute Gasteiger partial charge is 0.497 e. The summed E-state index contributed by atoms with van der Waals surface area (Å²) in [5.74, 6) is 1.37. The van der Waals surface area contributed by atoms with Gasteiger partial charge in [0.05, 0.1) is 21.3 Å². The third-order valence-electron chi connectivity index (χ3n) is 2.66. The lowest BCUT2D eigenvalue weighted by molar-refractivity contribution is -0.168. The molecule has 0 aliphatic heterocycles. The van der Waals surface area contributed by atoms with Gasteiger partial charge in [0.25, 0.3) is 0 Å². The molecule has 0 fully saturated rings. The van der Waals surface area contributed by atoms with Crippen molar-refractivity contribution in [1.29, 1.82) is 0 Å². The molecule has 18 heavy (non-hydrogen) atoms. The van der Waals surface area contributed by atoms with Crippen molar-refractivity contribution in [3.05, 3.63) is 23.8 Å². The lowest BCUT2D eigenvalue weighted by Crippen LogP contribution is -2.25. The van der Waals surface area contributed by atoms with E-state index in [9.17, 15) is 4.79 Å². The van der Waals surface area contributed by atoms with Crippen LogP contribution in [0.5, 0.6) is 11.5 Å². The second kappa shape index (κ2) is 6.86. The molecule has 1 aromatic carbocycles. The van der Waals surface area contributed by atoms with Crippen LogP contribution in [-0.2, 0) is 16.1 Å². The summed E-state index contributed by atoms with van der Waals surface area (Å²) in [7, 11) is 6.26. The standard InChI is InChI=1S/C13H19NO4/c1-14(18-4)13(15)6-5-10-7-11(16-2)9-12(8-10)17-3/h7-9H,5-6H2,1-4H3. The molecule has 0 N–H and O–H groups in total. The Kier molecular flexibility index (Phi) is 5.45. The third kappa shape index (κ3) is 3.92. The molecular weight excluding hydrogens is 234 g/mol. The van der Waals surface area contributed by atoms with Gasteiger partial charge < -0.3 is 9.47 Å². The van der Waals surface area contributed by atoms with Crippen molar-refractivity contribution in [3.63, 3.8) is 0 Å². The molecule has 0 atom stereocenters. The van der Waals surface area contributed by atoms with Crippen LogP contribution in [0, 0.1) is 0 Å². The van der Waals surface area contributed by atoms with Crippen LogP contribution < -0.4 is 9.47 Å². The summed E-state index contributed by atoms with van der Waals surface area (Å²) >= 11 is 0. The minimum absolute atomic E-state index is 0.0701. The zero-order chi connectivity index (χ0) is 13.5. The van der Waals surface area contributed by atoms with Crippen LogP contribution in [0.1, 0.15) is 12.0 Å². The van der Waals surface area contributed by atoms with E-state index in [1.54, 1.807) is 27.3 Å². The van der Waals surface area contributed by atoms with Gasteiger partial charge in [-0.15, -0.1) is 0 Å². The van der Waals surface area contributed by atoms with Gasteiger partial charge in [0.2, 0.25) is 5.91 Å².